The van der Waals surface area contributed by atoms with Gasteiger partial charge in [0, 0.05) is 12.0 Å². The number of para-hydroxylation sites is 1. The fourth-order valence-corrected chi connectivity index (χ4v) is 2.29. The van der Waals surface area contributed by atoms with Crippen LogP contribution in [0.1, 0.15) is 28.5 Å². The maximum absolute atomic E-state index is 11.8. The van der Waals surface area contributed by atoms with Gasteiger partial charge in [-0.3, -0.25) is 9.78 Å². The molecule has 0 aliphatic heterocycles. The Hall–Kier alpha value is -2.57. The van der Waals surface area contributed by atoms with E-state index in [-0.39, 0.29) is 23.7 Å². The molecule has 20 heavy (non-hydrogen) atoms. The normalized spacial score (nSPS) is 20.4. The van der Waals surface area contributed by atoms with Crippen LogP contribution in [0, 0.1) is 0 Å². The van der Waals surface area contributed by atoms with Crippen molar-refractivity contribution in [3.05, 3.63) is 46.1 Å². The molecule has 2 atom stereocenters. The van der Waals surface area contributed by atoms with Crippen LogP contribution in [0.25, 0.3) is 0 Å². The van der Waals surface area contributed by atoms with Crippen molar-refractivity contribution < 1.29 is 9.53 Å². The van der Waals surface area contributed by atoms with Crippen molar-refractivity contribution in [1.82, 2.24) is 20.5 Å². The van der Waals surface area contributed by atoms with Gasteiger partial charge in [-0.05, 0) is 18.1 Å². The fraction of sp³-hybridized carbons (Fsp3) is 0.308. The van der Waals surface area contributed by atoms with Crippen molar-refractivity contribution >= 4 is 5.91 Å². The molecule has 0 bridgehead atoms. The lowest BCUT2D eigenvalue weighted by Gasteiger charge is -2.07. The maximum Gasteiger partial charge on any atom is 0.341 e. The summed E-state index contributed by atoms with van der Waals surface area (Å²) in [5.74, 6) is 0.676. The number of hydrogen-bond donors (Lipinski definition) is 3. The zero-order chi connectivity index (χ0) is 14.1. The zero-order valence-electron chi connectivity index (χ0n) is 10.8. The summed E-state index contributed by atoms with van der Waals surface area (Å²) < 4.78 is 5.31. The number of carbonyl (C=O) groups excluding carboxylic acids is 1. The molecule has 0 unspecified atom stereocenters. The number of amides is 1. The van der Waals surface area contributed by atoms with E-state index < -0.39 is 5.69 Å². The molecule has 0 saturated heterocycles. The molecule has 1 amide bonds. The molecule has 0 radical (unpaired) electrons. The summed E-state index contributed by atoms with van der Waals surface area (Å²) in [7, 11) is 1.63. The summed E-state index contributed by atoms with van der Waals surface area (Å²) in [6, 6.07) is 7.79. The van der Waals surface area contributed by atoms with E-state index in [4.69, 9.17) is 4.74 Å². The van der Waals surface area contributed by atoms with E-state index in [1.807, 2.05) is 24.3 Å². The highest BCUT2D eigenvalue weighted by atomic mass is 16.5. The number of hydrogen-bond acceptors (Lipinski definition) is 4. The third-order valence-corrected chi connectivity index (χ3v) is 3.36. The average Bonchev–Trinajstić information content (AvgIpc) is 3.08. The van der Waals surface area contributed by atoms with Gasteiger partial charge in [-0.1, -0.05) is 18.2 Å². The Labute approximate surface area is 114 Å². The van der Waals surface area contributed by atoms with E-state index in [9.17, 15) is 9.59 Å². The summed E-state index contributed by atoms with van der Waals surface area (Å²) in [6.45, 7) is 0. The van der Waals surface area contributed by atoms with Crippen LogP contribution in [-0.2, 0) is 0 Å². The number of methoxy groups -OCH3 is 1. The molecule has 0 spiro atoms. The van der Waals surface area contributed by atoms with Crippen LogP contribution in [0.4, 0.5) is 0 Å². The Morgan fingerprint density at radius 1 is 1.45 bits per heavy atom. The highest BCUT2D eigenvalue weighted by Crippen LogP contribution is 2.44. The molecule has 7 nitrogen and oxygen atoms in total. The number of rotatable bonds is 4. The number of benzene rings is 1. The van der Waals surface area contributed by atoms with Gasteiger partial charge in [0.05, 0.1) is 7.11 Å². The van der Waals surface area contributed by atoms with E-state index in [0.717, 1.165) is 17.7 Å². The van der Waals surface area contributed by atoms with Gasteiger partial charge in [-0.25, -0.2) is 9.89 Å². The second kappa shape index (κ2) is 4.84. The third kappa shape index (κ3) is 2.29. The van der Waals surface area contributed by atoms with Crippen LogP contribution < -0.4 is 15.7 Å². The van der Waals surface area contributed by atoms with E-state index in [1.54, 1.807) is 7.11 Å². The standard InChI is InChI=1S/C13H14N4O3/c1-20-10-5-3-2-4-7(10)8-6-9(8)14-12(18)11-15-13(19)17-16-11/h2-5,8-9H,6H2,1H3,(H,14,18)(H2,15,16,17,19)/t8-,9-/m1/s1. The van der Waals surface area contributed by atoms with E-state index in [2.05, 4.69) is 20.5 Å². The Balaban J connectivity index is 1.67. The summed E-state index contributed by atoms with van der Waals surface area (Å²) in [5.41, 5.74) is 0.586. The minimum absolute atomic E-state index is 0.000627. The van der Waals surface area contributed by atoms with Crippen molar-refractivity contribution in [2.75, 3.05) is 7.11 Å². The second-order valence-electron chi connectivity index (χ2n) is 4.69. The van der Waals surface area contributed by atoms with Gasteiger partial charge in [-0.15, -0.1) is 5.10 Å². The number of nitrogens with one attached hydrogen (secondary N) is 3. The second-order valence-corrected chi connectivity index (χ2v) is 4.69. The van der Waals surface area contributed by atoms with Crippen LogP contribution in [0.2, 0.25) is 0 Å². The number of carbonyl (C=O) groups is 1. The monoisotopic (exact) mass is 274 g/mol. The molecule has 1 saturated carbocycles. The molecule has 1 fully saturated rings. The quantitative estimate of drug-likeness (QED) is 0.751. The Morgan fingerprint density at radius 3 is 2.95 bits per heavy atom. The number of ether oxygens (including phenoxy) is 1. The van der Waals surface area contributed by atoms with Gasteiger partial charge < -0.3 is 10.1 Å². The van der Waals surface area contributed by atoms with Gasteiger partial charge in [0.1, 0.15) is 5.75 Å². The molecule has 2 aromatic rings. The van der Waals surface area contributed by atoms with E-state index >= 15 is 0 Å². The first-order valence-electron chi connectivity index (χ1n) is 6.27. The van der Waals surface area contributed by atoms with Gasteiger partial charge >= 0.3 is 5.69 Å². The first-order chi connectivity index (χ1) is 9.69. The van der Waals surface area contributed by atoms with Crippen molar-refractivity contribution in [2.45, 2.75) is 18.4 Å². The summed E-state index contributed by atoms with van der Waals surface area (Å²) in [6.07, 6.45) is 0.848. The summed E-state index contributed by atoms with van der Waals surface area (Å²) in [5, 5.41) is 8.60. The largest absolute Gasteiger partial charge is 0.496 e. The molecule has 3 rings (SSSR count). The van der Waals surface area contributed by atoms with Gasteiger partial charge in [0.2, 0.25) is 5.82 Å². The maximum atomic E-state index is 11.8. The number of aromatic nitrogens is 3. The lowest BCUT2D eigenvalue weighted by molar-refractivity contribution is 0.0940. The number of nitrogens with zero attached hydrogens (tertiary/aromatic N) is 1. The van der Waals surface area contributed by atoms with Crippen LogP contribution in [-0.4, -0.2) is 34.2 Å². The first kappa shape index (κ1) is 12.5. The molecular weight excluding hydrogens is 260 g/mol. The molecule has 1 aromatic heterocycles. The van der Waals surface area contributed by atoms with Gasteiger partial charge in [0.15, 0.2) is 0 Å². The molecule has 1 heterocycles. The smallest absolute Gasteiger partial charge is 0.341 e. The molecule has 3 N–H and O–H groups in total. The SMILES string of the molecule is COc1ccccc1[C@H]1C[C@H]1NC(=O)c1n[nH]c(=O)[nH]1. The highest BCUT2D eigenvalue weighted by molar-refractivity contribution is 5.90. The van der Waals surface area contributed by atoms with Crippen molar-refractivity contribution in [3.63, 3.8) is 0 Å². The van der Waals surface area contributed by atoms with E-state index in [1.165, 1.54) is 0 Å². The molecule has 104 valence electrons. The lowest BCUT2D eigenvalue weighted by Crippen LogP contribution is -2.28. The van der Waals surface area contributed by atoms with Crippen molar-refractivity contribution in [3.8, 4) is 5.75 Å². The van der Waals surface area contributed by atoms with Crippen molar-refractivity contribution in [2.24, 2.45) is 0 Å². The van der Waals surface area contributed by atoms with Crippen LogP contribution >= 0.6 is 0 Å². The van der Waals surface area contributed by atoms with Crippen molar-refractivity contribution in [1.29, 1.82) is 0 Å². The minimum Gasteiger partial charge on any atom is -0.496 e. The summed E-state index contributed by atoms with van der Waals surface area (Å²) >= 11 is 0. The number of aromatic amines is 2. The Morgan fingerprint density at radius 2 is 2.25 bits per heavy atom. The van der Waals surface area contributed by atoms with E-state index in [0.29, 0.717) is 0 Å². The third-order valence-electron chi connectivity index (χ3n) is 3.36. The van der Waals surface area contributed by atoms with Gasteiger partial charge in [-0.2, -0.15) is 0 Å². The first-order valence-corrected chi connectivity index (χ1v) is 6.27. The Bertz CT molecular complexity index is 691. The molecule has 1 aliphatic rings. The molecule has 1 aromatic carbocycles. The minimum atomic E-state index is -0.493. The van der Waals surface area contributed by atoms with Gasteiger partial charge in [0.25, 0.3) is 5.91 Å². The van der Waals surface area contributed by atoms with Crippen LogP contribution in [0.5, 0.6) is 5.75 Å². The molecular formula is C13H14N4O3. The average molecular weight is 274 g/mol. The zero-order valence-corrected chi connectivity index (χ0v) is 10.8. The predicted octanol–water partition coefficient (Wildman–Crippen LogP) is 0.392. The molecule has 1 aliphatic carbocycles. The summed E-state index contributed by atoms with van der Waals surface area (Å²) in [4.78, 5) is 25.1. The van der Waals surface area contributed by atoms with Crippen LogP contribution in [0.15, 0.2) is 29.1 Å². The Kier molecular flexibility index (Phi) is 3.02. The fourth-order valence-electron chi connectivity index (χ4n) is 2.29. The topological polar surface area (TPSA) is 99.9 Å². The molecule has 7 heteroatoms. The highest BCUT2D eigenvalue weighted by Gasteiger charge is 2.41. The predicted molar refractivity (Wildman–Crippen MR) is 70.8 cm³/mol. The van der Waals surface area contributed by atoms with Crippen LogP contribution in [0.3, 0.4) is 0 Å². The number of H-pyrrole nitrogens is 2. The lowest BCUT2D eigenvalue weighted by atomic mass is 10.1.